The van der Waals surface area contributed by atoms with Crippen LogP contribution in [-0.2, 0) is 16.8 Å². The molecular formula is C19H26N4OS. The standard InChI is InChI=1S/C19H26N4OS/c1-14(24)23-16-8-5-7-15(11-16)12-21-18(20-4)22-13-19(2,3)17-9-6-10-25-17/h5-11H,12-13H2,1-4H3,(H,23,24)(H2,20,21,22). The molecule has 6 heteroatoms. The molecule has 0 atom stereocenters. The first-order chi connectivity index (χ1) is 11.9. The van der Waals surface area contributed by atoms with Crippen LogP contribution in [0, 0.1) is 0 Å². The predicted molar refractivity (Wildman–Crippen MR) is 106 cm³/mol. The lowest BCUT2D eigenvalue weighted by molar-refractivity contribution is -0.114. The van der Waals surface area contributed by atoms with E-state index in [4.69, 9.17) is 0 Å². The van der Waals surface area contributed by atoms with E-state index in [9.17, 15) is 4.79 Å². The number of amides is 1. The molecule has 0 aliphatic heterocycles. The van der Waals surface area contributed by atoms with Gasteiger partial charge in [-0.1, -0.05) is 32.0 Å². The van der Waals surface area contributed by atoms with E-state index in [2.05, 4.69) is 52.3 Å². The van der Waals surface area contributed by atoms with Crippen LogP contribution in [0.25, 0.3) is 0 Å². The fraction of sp³-hybridized carbons (Fsp3) is 0.368. The number of aliphatic imine (C=N–C) groups is 1. The molecule has 0 fully saturated rings. The summed E-state index contributed by atoms with van der Waals surface area (Å²) in [6.45, 7) is 7.36. The topological polar surface area (TPSA) is 65.5 Å². The van der Waals surface area contributed by atoms with Gasteiger partial charge in [0.15, 0.2) is 5.96 Å². The fourth-order valence-electron chi connectivity index (χ4n) is 2.42. The highest BCUT2D eigenvalue weighted by molar-refractivity contribution is 7.10. The quantitative estimate of drug-likeness (QED) is 0.548. The Bertz CT molecular complexity index is 723. The van der Waals surface area contributed by atoms with Crippen LogP contribution < -0.4 is 16.0 Å². The third-order valence-electron chi connectivity index (χ3n) is 3.82. The van der Waals surface area contributed by atoms with Crippen LogP contribution in [0.5, 0.6) is 0 Å². The number of nitrogens with one attached hydrogen (secondary N) is 3. The van der Waals surface area contributed by atoms with E-state index in [1.165, 1.54) is 11.8 Å². The molecule has 0 spiro atoms. The first-order valence-corrected chi connectivity index (χ1v) is 9.14. The van der Waals surface area contributed by atoms with Crippen molar-refractivity contribution in [2.45, 2.75) is 32.7 Å². The van der Waals surface area contributed by atoms with Gasteiger partial charge in [-0.15, -0.1) is 11.3 Å². The molecule has 1 aromatic heterocycles. The van der Waals surface area contributed by atoms with Gasteiger partial charge < -0.3 is 16.0 Å². The number of guanidine groups is 1. The van der Waals surface area contributed by atoms with Gasteiger partial charge in [0.2, 0.25) is 5.91 Å². The fourth-order valence-corrected chi connectivity index (χ4v) is 3.28. The molecule has 134 valence electrons. The van der Waals surface area contributed by atoms with Gasteiger partial charge in [-0.2, -0.15) is 0 Å². The van der Waals surface area contributed by atoms with Gasteiger partial charge in [0, 0.05) is 43.0 Å². The summed E-state index contributed by atoms with van der Waals surface area (Å²) in [5.74, 6) is 0.688. The van der Waals surface area contributed by atoms with Crippen LogP contribution in [0.1, 0.15) is 31.2 Å². The number of hydrogen-bond donors (Lipinski definition) is 3. The van der Waals surface area contributed by atoms with Crippen LogP contribution in [0.15, 0.2) is 46.8 Å². The second-order valence-corrected chi connectivity index (χ2v) is 7.47. The summed E-state index contributed by atoms with van der Waals surface area (Å²) in [5.41, 5.74) is 1.91. The van der Waals surface area contributed by atoms with Gasteiger partial charge in [-0.05, 0) is 29.1 Å². The molecule has 5 nitrogen and oxygen atoms in total. The summed E-state index contributed by atoms with van der Waals surface area (Å²) < 4.78 is 0. The number of carbonyl (C=O) groups is 1. The molecule has 0 aliphatic carbocycles. The van der Waals surface area contributed by atoms with Crippen molar-refractivity contribution in [2.24, 2.45) is 4.99 Å². The predicted octanol–water partition coefficient (Wildman–Crippen LogP) is 3.35. The molecule has 0 bridgehead atoms. The van der Waals surface area contributed by atoms with Crippen LogP contribution in [-0.4, -0.2) is 25.5 Å². The van der Waals surface area contributed by atoms with Crippen molar-refractivity contribution in [1.82, 2.24) is 10.6 Å². The third-order valence-corrected chi connectivity index (χ3v) is 5.05. The van der Waals surface area contributed by atoms with Gasteiger partial charge in [-0.3, -0.25) is 9.79 Å². The van der Waals surface area contributed by atoms with E-state index >= 15 is 0 Å². The third kappa shape index (κ3) is 5.90. The molecule has 0 saturated heterocycles. The maximum Gasteiger partial charge on any atom is 0.221 e. The summed E-state index contributed by atoms with van der Waals surface area (Å²) in [6.07, 6.45) is 0. The minimum absolute atomic E-state index is 0.0388. The minimum Gasteiger partial charge on any atom is -0.356 e. The highest BCUT2D eigenvalue weighted by atomic mass is 32.1. The number of anilines is 1. The second kappa shape index (κ2) is 8.67. The van der Waals surface area contributed by atoms with Gasteiger partial charge in [0.25, 0.3) is 0 Å². The Morgan fingerprint density at radius 2 is 2.00 bits per heavy atom. The first-order valence-electron chi connectivity index (χ1n) is 8.26. The number of carbonyl (C=O) groups excluding carboxylic acids is 1. The molecule has 1 amide bonds. The van der Waals surface area contributed by atoms with Crippen molar-refractivity contribution >= 4 is 28.9 Å². The van der Waals surface area contributed by atoms with Crippen molar-refractivity contribution in [3.8, 4) is 0 Å². The van der Waals surface area contributed by atoms with E-state index in [1.807, 2.05) is 24.3 Å². The van der Waals surface area contributed by atoms with Crippen LogP contribution in [0.4, 0.5) is 5.69 Å². The number of rotatable bonds is 6. The lowest BCUT2D eigenvalue weighted by atomic mass is 9.91. The normalized spacial score (nSPS) is 11.9. The Morgan fingerprint density at radius 3 is 2.64 bits per heavy atom. The lowest BCUT2D eigenvalue weighted by Crippen LogP contribution is -2.42. The summed E-state index contributed by atoms with van der Waals surface area (Å²) in [6, 6.07) is 12.0. The molecule has 0 radical (unpaired) electrons. The molecule has 2 rings (SSSR count). The first kappa shape index (κ1) is 19.0. The lowest BCUT2D eigenvalue weighted by Gasteiger charge is -2.25. The average Bonchev–Trinajstić information content (AvgIpc) is 3.10. The molecule has 1 heterocycles. The highest BCUT2D eigenvalue weighted by Gasteiger charge is 2.21. The molecular weight excluding hydrogens is 332 g/mol. The number of hydrogen-bond acceptors (Lipinski definition) is 3. The molecule has 2 aromatic rings. The Morgan fingerprint density at radius 1 is 1.20 bits per heavy atom. The summed E-state index contributed by atoms with van der Waals surface area (Å²) >= 11 is 1.77. The Hall–Kier alpha value is -2.34. The van der Waals surface area contributed by atoms with Crippen molar-refractivity contribution in [3.05, 3.63) is 52.2 Å². The number of nitrogens with zero attached hydrogens (tertiary/aromatic N) is 1. The van der Waals surface area contributed by atoms with Crippen molar-refractivity contribution in [1.29, 1.82) is 0 Å². The zero-order valence-electron chi connectivity index (χ0n) is 15.2. The second-order valence-electron chi connectivity index (χ2n) is 6.52. The van der Waals surface area contributed by atoms with Crippen LogP contribution in [0.3, 0.4) is 0 Å². The van der Waals surface area contributed by atoms with Crippen molar-refractivity contribution in [2.75, 3.05) is 18.9 Å². The molecule has 0 aliphatic rings. The maximum absolute atomic E-state index is 11.2. The minimum atomic E-state index is -0.0709. The van der Waals surface area contributed by atoms with E-state index in [1.54, 1.807) is 18.4 Å². The largest absolute Gasteiger partial charge is 0.356 e. The maximum atomic E-state index is 11.2. The molecule has 3 N–H and O–H groups in total. The Kier molecular flexibility index (Phi) is 6.58. The monoisotopic (exact) mass is 358 g/mol. The van der Waals surface area contributed by atoms with Gasteiger partial charge in [0.05, 0.1) is 0 Å². The average molecular weight is 359 g/mol. The van der Waals surface area contributed by atoms with Crippen LogP contribution in [0.2, 0.25) is 0 Å². The van der Waals surface area contributed by atoms with Gasteiger partial charge in [0.1, 0.15) is 0 Å². The smallest absolute Gasteiger partial charge is 0.221 e. The Labute approximate surface area is 153 Å². The molecule has 0 unspecified atom stereocenters. The zero-order valence-corrected chi connectivity index (χ0v) is 16.0. The summed E-state index contributed by atoms with van der Waals surface area (Å²) in [5, 5.41) is 11.6. The molecule has 1 aromatic carbocycles. The van der Waals surface area contributed by atoms with E-state index in [0.717, 1.165) is 23.8 Å². The molecule has 0 saturated carbocycles. The van der Waals surface area contributed by atoms with Crippen molar-refractivity contribution in [3.63, 3.8) is 0 Å². The number of thiophene rings is 1. The van der Waals surface area contributed by atoms with Crippen LogP contribution >= 0.6 is 11.3 Å². The number of benzene rings is 1. The summed E-state index contributed by atoms with van der Waals surface area (Å²) in [4.78, 5) is 16.8. The van der Waals surface area contributed by atoms with Gasteiger partial charge in [-0.25, -0.2) is 0 Å². The van der Waals surface area contributed by atoms with E-state index in [0.29, 0.717) is 6.54 Å². The van der Waals surface area contributed by atoms with E-state index < -0.39 is 0 Å². The molecule has 25 heavy (non-hydrogen) atoms. The van der Waals surface area contributed by atoms with Crippen molar-refractivity contribution < 1.29 is 4.79 Å². The SMILES string of the molecule is CN=C(NCc1cccc(NC(C)=O)c1)NCC(C)(C)c1cccs1. The Balaban J connectivity index is 1.89. The van der Waals surface area contributed by atoms with Gasteiger partial charge >= 0.3 is 0 Å². The highest BCUT2D eigenvalue weighted by Crippen LogP contribution is 2.26. The van der Waals surface area contributed by atoms with E-state index in [-0.39, 0.29) is 11.3 Å². The summed E-state index contributed by atoms with van der Waals surface area (Å²) in [7, 11) is 1.77. The zero-order chi connectivity index (χ0) is 18.3.